The molecule has 0 spiro atoms. The van der Waals surface area contributed by atoms with Gasteiger partial charge in [-0.3, -0.25) is 9.78 Å². The molecule has 3 heteroatoms. The van der Waals surface area contributed by atoms with Gasteiger partial charge in [0.2, 0.25) is 0 Å². The predicted molar refractivity (Wildman–Crippen MR) is 60.5 cm³/mol. The molecule has 1 aromatic rings. The van der Waals surface area contributed by atoms with Gasteiger partial charge in [-0.15, -0.1) is 0 Å². The maximum absolute atomic E-state index is 11.4. The quantitative estimate of drug-likeness (QED) is 0.756. The fraction of sp³-hybridized carbons (Fsp3) is 0.455. The Kier molecular flexibility index (Phi) is 4.66. The first-order valence-electron chi connectivity index (χ1n) is 4.83. The molecule has 1 heterocycles. The summed E-state index contributed by atoms with van der Waals surface area (Å²) in [6.45, 7) is 2.01. The van der Waals surface area contributed by atoms with E-state index in [1.165, 1.54) is 0 Å². The van der Waals surface area contributed by atoms with Crippen molar-refractivity contribution in [2.75, 3.05) is 0 Å². The Morgan fingerprint density at radius 3 is 3.00 bits per heavy atom. The van der Waals surface area contributed by atoms with Crippen LogP contribution in [0.4, 0.5) is 0 Å². The van der Waals surface area contributed by atoms with Crippen molar-refractivity contribution in [2.24, 2.45) is 0 Å². The fourth-order valence-corrected chi connectivity index (χ4v) is 1.64. The molecule has 0 bridgehead atoms. The van der Waals surface area contributed by atoms with Crippen molar-refractivity contribution in [3.8, 4) is 0 Å². The second kappa shape index (κ2) is 5.81. The minimum atomic E-state index is -0.0113. The summed E-state index contributed by atoms with van der Waals surface area (Å²) in [5.41, 5.74) is 1.01. The van der Waals surface area contributed by atoms with Crippen LogP contribution < -0.4 is 0 Å². The van der Waals surface area contributed by atoms with E-state index in [-0.39, 0.29) is 11.0 Å². The number of nitrogens with zero attached hydrogens (tertiary/aromatic N) is 1. The van der Waals surface area contributed by atoms with E-state index in [0.29, 0.717) is 12.8 Å². The summed E-state index contributed by atoms with van der Waals surface area (Å²) in [6, 6.07) is 3.81. The average Bonchev–Trinajstić information content (AvgIpc) is 2.19. The average molecular weight is 209 g/mol. The Hall–Kier alpha value is -0.830. The van der Waals surface area contributed by atoms with Crippen LogP contribution in [0.1, 0.15) is 37.0 Å². The molecular weight excluding hydrogens is 194 g/mol. The molecular formula is C11H15NOS. The van der Waals surface area contributed by atoms with Gasteiger partial charge in [0.05, 0.1) is 0 Å². The Bertz CT molecular complexity index is 287. The minimum absolute atomic E-state index is 0.0113. The first-order valence-corrected chi connectivity index (χ1v) is 5.35. The van der Waals surface area contributed by atoms with Crippen molar-refractivity contribution in [2.45, 2.75) is 31.4 Å². The molecule has 0 saturated carbocycles. The Morgan fingerprint density at radius 2 is 2.43 bits per heavy atom. The van der Waals surface area contributed by atoms with Crippen LogP contribution in [0.25, 0.3) is 0 Å². The van der Waals surface area contributed by atoms with E-state index < -0.39 is 0 Å². The van der Waals surface area contributed by atoms with Gasteiger partial charge in [0.15, 0.2) is 0 Å². The molecule has 0 amide bonds. The van der Waals surface area contributed by atoms with Gasteiger partial charge in [-0.25, -0.2) is 0 Å². The van der Waals surface area contributed by atoms with Crippen LogP contribution in [0.2, 0.25) is 0 Å². The second-order valence-corrected chi connectivity index (χ2v) is 3.92. The lowest BCUT2D eigenvalue weighted by atomic mass is 10.1. The van der Waals surface area contributed by atoms with Gasteiger partial charge < -0.3 is 0 Å². The van der Waals surface area contributed by atoms with E-state index in [4.69, 9.17) is 0 Å². The van der Waals surface area contributed by atoms with Crippen molar-refractivity contribution in [1.82, 2.24) is 4.98 Å². The highest BCUT2D eigenvalue weighted by molar-refractivity contribution is 7.80. The van der Waals surface area contributed by atoms with Crippen molar-refractivity contribution in [1.29, 1.82) is 0 Å². The molecule has 76 valence electrons. The van der Waals surface area contributed by atoms with E-state index >= 15 is 0 Å². The summed E-state index contributed by atoms with van der Waals surface area (Å²) in [5, 5.41) is -0.0113. The topological polar surface area (TPSA) is 30.0 Å². The summed E-state index contributed by atoms with van der Waals surface area (Å²) in [4.78, 5) is 15.4. The third kappa shape index (κ3) is 3.50. The van der Waals surface area contributed by atoms with Crippen LogP contribution in [0, 0.1) is 0 Å². The zero-order valence-corrected chi connectivity index (χ0v) is 9.21. The van der Waals surface area contributed by atoms with E-state index in [1.807, 2.05) is 19.1 Å². The molecule has 0 fully saturated rings. The van der Waals surface area contributed by atoms with Gasteiger partial charge in [-0.05, 0) is 18.1 Å². The zero-order valence-electron chi connectivity index (χ0n) is 8.31. The second-order valence-electron chi connectivity index (χ2n) is 3.29. The fourth-order valence-electron chi connectivity index (χ4n) is 1.29. The number of aromatic nitrogens is 1. The third-order valence-electron chi connectivity index (χ3n) is 2.02. The Labute approximate surface area is 90.2 Å². The summed E-state index contributed by atoms with van der Waals surface area (Å²) >= 11 is 4.39. The summed E-state index contributed by atoms with van der Waals surface area (Å²) in [7, 11) is 0. The van der Waals surface area contributed by atoms with Gasteiger partial charge >= 0.3 is 0 Å². The number of hydrogen-bond acceptors (Lipinski definition) is 3. The number of ketones is 1. The van der Waals surface area contributed by atoms with Crippen LogP contribution in [0.3, 0.4) is 0 Å². The first-order chi connectivity index (χ1) is 6.74. The van der Waals surface area contributed by atoms with E-state index in [0.717, 1.165) is 12.0 Å². The van der Waals surface area contributed by atoms with Gasteiger partial charge in [-0.1, -0.05) is 13.0 Å². The molecule has 2 nitrogen and oxygen atoms in total. The third-order valence-corrected chi connectivity index (χ3v) is 2.50. The first kappa shape index (κ1) is 11.2. The highest BCUT2D eigenvalue weighted by atomic mass is 32.1. The van der Waals surface area contributed by atoms with Gasteiger partial charge in [0, 0.05) is 30.5 Å². The lowest BCUT2D eigenvalue weighted by molar-refractivity contribution is -0.119. The number of rotatable bonds is 5. The highest BCUT2D eigenvalue weighted by Gasteiger charge is 2.10. The monoisotopic (exact) mass is 209 g/mol. The van der Waals surface area contributed by atoms with Crippen molar-refractivity contribution in [3.05, 3.63) is 30.1 Å². The Balaban J connectivity index is 2.50. The molecule has 0 radical (unpaired) electrons. The molecule has 1 unspecified atom stereocenters. The number of pyridine rings is 1. The van der Waals surface area contributed by atoms with E-state index in [1.54, 1.807) is 12.4 Å². The number of carbonyl (C=O) groups excluding carboxylic acids is 1. The number of Topliss-reactive ketones (excluding diaryl/α,β-unsaturated/α-hetero) is 1. The maximum Gasteiger partial charge on any atom is 0.134 e. The lowest BCUT2D eigenvalue weighted by Crippen LogP contribution is -2.02. The van der Waals surface area contributed by atoms with Crippen LogP contribution in [0.15, 0.2) is 24.5 Å². The lowest BCUT2D eigenvalue weighted by Gasteiger charge is -2.08. The molecule has 0 aliphatic heterocycles. The smallest absolute Gasteiger partial charge is 0.134 e. The molecule has 1 atom stereocenters. The highest BCUT2D eigenvalue weighted by Crippen LogP contribution is 2.23. The van der Waals surface area contributed by atoms with Gasteiger partial charge in [-0.2, -0.15) is 12.6 Å². The number of thiol groups is 1. The van der Waals surface area contributed by atoms with Crippen molar-refractivity contribution < 1.29 is 4.79 Å². The van der Waals surface area contributed by atoms with Crippen LogP contribution in [-0.2, 0) is 4.79 Å². The molecule has 1 aromatic heterocycles. The largest absolute Gasteiger partial charge is 0.300 e. The minimum Gasteiger partial charge on any atom is -0.300 e. The molecule has 0 aliphatic rings. The van der Waals surface area contributed by atoms with E-state index in [2.05, 4.69) is 17.6 Å². The standard InChI is InChI=1S/C11H15NOS/c1-2-4-10(13)7-11(14)9-5-3-6-12-8-9/h3,5-6,8,11,14H,2,4,7H2,1H3. The van der Waals surface area contributed by atoms with E-state index in [9.17, 15) is 4.79 Å². The van der Waals surface area contributed by atoms with Crippen LogP contribution in [-0.4, -0.2) is 10.8 Å². The molecule has 0 aliphatic carbocycles. The SMILES string of the molecule is CCCC(=O)CC(S)c1cccnc1. The number of hydrogen-bond donors (Lipinski definition) is 1. The summed E-state index contributed by atoms with van der Waals surface area (Å²) in [5.74, 6) is 0.274. The molecule has 0 N–H and O–H groups in total. The molecule has 14 heavy (non-hydrogen) atoms. The summed E-state index contributed by atoms with van der Waals surface area (Å²) in [6.07, 6.45) is 5.54. The molecule has 0 aromatic carbocycles. The summed E-state index contributed by atoms with van der Waals surface area (Å²) < 4.78 is 0. The van der Waals surface area contributed by atoms with Crippen LogP contribution in [0.5, 0.6) is 0 Å². The van der Waals surface area contributed by atoms with Crippen LogP contribution >= 0.6 is 12.6 Å². The van der Waals surface area contributed by atoms with Gasteiger partial charge in [0.1, 0.15) is 5.78 Å². The molecule has 1 rings (SSSR count). The predicted octanol–water partition coefficient (Wildman–Crippen LogP) is 2.81. The number of carbonyl (C=O) groups is 1. The Morgan fingerprint density at radius 1 is 1.64 bits per heavy atom. The maximum atomic E-state index is 11.4. The molecule has 0 saturated heterocycles. The zero-order chi connectivity index (χ0) is 10.4. The van der Waals surface area contributed by atoms with Gasteiger partial charge in [0.25, 0.3) is 0 Å². The van der Waals surface area contributed by atoms with Crippen molar-refractivity contribution in [3.63, 3.8) is 0 Å². The van der Waals surface area contributed by atoms with Crippen molar-refractivity contribution >= 4 is 18.4 Å². The normalized spacial score (nSPS) is 12.4.